The molecule has 0 aromatic heterocycles. The fraction of sp³-hybridized carbons (Fsp3) is 1.00. The number of rotatable bonds is 6. The summed E-state index contributed by atoms with van der Waals surface area (Å²) in [7, 11) is 0. The Morgan fingerprint density at radius 3 is 2.71 bits per heavy atom. The Bertz CT molecular complexity index is 149. The van der Waals surface area contributed by atoms with Crippen LogP contribution >= 0.6 is 11.6 Å². The van der Waals surface area contributed by atoms with Gasteiger partial charge in [-0.25, -0.2) is 0 Å². The fourth-order valence-corrected chi connectivity index (χ4v) is 2.86. The van der Waals surface area contributed by atoms with E-state index in [0.29, 0.717) is 6.04 Å². The predicted molar refractivity (Wildman–Crippen MR) is 64.0 cm³/mol. The molecule has 2 atom stereocenters. The summed E-state index contributed by atoms with van der Waals surface area (Å²) in [6.45, 7) is 7.13. The normalized spacial score (nSPS) is 28.5. The van der Waals surface area contributed by atoms with Crippen LogP contribution in [0.2, 0.25) is 0 Å². The quantitative estimate of drug-likeness (QED) is 0.486. The minimum Gasteiger partial charge on any atom is -0.299 e. The molecule has 1 rings (SSSR count). The zero-order valence-corrected chi connectivity index (χ0v) is 10.4. The number of likely N-dealkylation sites (tertiary alicyclic amines) is 1. The summed E-state index contributed by atoms with van der Waals surface area (Å²) in [6, 6.07) is 0.651. The van der Waals surface area contributed by atoms with Crippen LogP contribution in [0.5, 0.6) is 0 Å². The third-order valence-corrected chi connectivity index (χ3v) is 3.77. The highest BCUT2D eigenvalue weighted by atomic mass is 35.5. The number of hydrogen-bond donors (Lipinski definition) is 0. The molecule has 84 valence electrons. The van der Waals surface area contributed by atoms with Gasteiger partial charge in [-0.15, -0.1) is 11.6 Å². The molecule has 1 aliphatic heterocycles. The topological polar surface area (TPSA) is 3.24 Å². The molecule has 0 aromatic rings. The molecule has 0 bridgehead atoms. The Balaban J connectivity index is 2.17. The standard InChI is InChI=1S/C12H24ClN/c1-3-4-5-6-8-14-9-7-11(2)12(14)10-13/h11-12H,3-10H2,1-2H3. The molecule has 0 amide bonds. The maximum absolute atomic E-state index is 6.00. The van der Waals surface area contributed by atoms with E-state index in [1.165, 1.54) is 45.2 Å². The van der Waals surface area contributed by atoms with E-state index in [9.17, 15) is 0 Å². The molecule has 0 aliphatic carbocycles. The minimum absolute atomic E-state index is 0.651. The summed E-state index contributed by atoms with van der Waals surface area (Å²) in [5, 5.41) is 0. The summed E-state index contributed by atoms with van der Waals surface area (Å²) < 4.78 is 0. The minimum atomic E-state index is 0.651. The van der Waals surface area contributed by atoms with Gasteiger partial charge < -0.3 is 0 Å². The lowest BCUT2D eigenvalue weighted by Gasteiger charge is -2.24. The Hall–Kier alpha value is 0.250. The van der Waals surface area contributed by atoms with Crippen molar-refractivity contribution < 1.29 is 0 Å². The second-order valence-electron chi connectivity index (χ2n) is 4.58. The smallest absolute Gasteiger partial charge is 0.0382 e. The van der Waals surface area contributed by atoms with Crippen molar-refractivity contribution in [3.63, 3.8) is 0 Å². The van der Waals surface area contributed by atoms with Crippen molar-refractivity contribution in [2.24, 2.45) is 5.92 Å². The molecule has 14 heavy (non-hydrogen) atoms. The van der Waals surface area contributed by atoms with E-state index >= 15 is 0 Å². The Kier molecular flexibility index (Phi) is 5.88. The molecule has 0 aromatic carbocycles. The average Bonchev–Trinajstić information content (AvgIpc) is 2.54. The highest BCUT2D eigenvalue weighted by molar-refractivity contribution is 6.18. The maximum atomic E-state index is 6.00. The molecule has 1 aliphatic rings. The van der Waals surface area contributed by atoms with Crippen molar-refractivity contribution in [3.8, 4) is 0 Å². The van der Waals surface area contributed by atoms with Gasteiger partial charge in [-0.3, -0.25) is 4.90 Å². The second kappa shape index (κ2) is 6.68. The molecule has 1 fully saturated rings. The molecule has 0 spiro atoms. The largest absolute Gasteiger partial charge is 0.299 e. The lowest BCUT2D eigenvalue weighted by molar-refractivity contribution is 0.244. The SMILES string of the molecule is CCCCCCN1CCC(C)C1CCl. The highest BCUT2D eigenvalue weighted by Gasteiger charge is 2.29. The van der Waals surface area contributed by atoms with Crippen molar-refractivity contribution in [3.05, 3.63) is 0 Å². The number of alkyl halides is 1. The predicted octanol–water partition coefficient (Wildman–Crippen LogP) is 3.52. The van der Waals surface area contributed by atoms with E-state index in [0.717, 1.165) is 11.8 Å². The van der Waals surface area contributed by atoms with E-state index < -0.39 is 0 Å². The van der Waals surface area contributed by atoms with E-state index in [-0.39, 0.29) is 0 Å². The molecule has 0 N–H and O–H groups in total. The van der Waals surface area contributed by atoms with Gasteiger partial charge in [0.05, 0.1) is 0 Å². The molecule has 2 unspecified atom stereocenters. The number of halogens is 1. The molecule has 0 radical (unpaired) electrons. The number of nitrogens with zero attached hydrogens (tertiary/aromatic N) is 1. The van der Waals surface area contributed by atoms with Gasteiger partial charge in [0.2, 0.25) is 0 Å². The van der Waals surface area contributed by atoms with Crippen LogP contribution in [0.25, 0.3) is 0 Å². The van der Waals surface area contributed by atoms with Gasteiger partial charge in [0.15, 0.2) is 0 Å². The molecular formula is C12H24ClN. The van der Waals surface area contributed by atoms with E-state index in [2.05, 4.69) is 18.7 Å². The molecule has 0 saturated carbocycles. The lowest BCUT2D eigenvalue weighted by atomic mass is 10.0. The number of unbranched alkanes of at least 4 members (excludes halogenated alkanes) is 3. The van der Waals surface area contributed by atoms with E-state index in [4.69, 9.17) is 11.6 Å². The summed E-state index contributed by atoms with van der Waals surface area (Å²) in [4.78, 5) is 2.59. The van der Waals surface area contributed by atoms with Crippen LogP contribution in [-0.4, -0.2) is 29.9 Å². The van der Waals surface area contributed by atoms with Crippen LogP contribution in [0, 0.1) is 5.92 Å². The molecule has 2 heteroatoms. The second-order valence-corrected chi connectivity index (χ2v) is 4.89. The highest BCUT2D eigenvalue weighted by Crippen LogP contribution is 2.25. The summed E-state index contributed by atoms with van der Waals surface area (Å²) in [5.41, 5.74) is 0. The van der Waals surface area contributed by atoms with Gasteiger partial charge in [-0.05, 0) is 31.8 Å². The van der Waals surface area contributed by atoms with Crippen LogP contribution in [0.15, 0.2) is 0 Å². The average molecular weight is 218 g/mol. The first-order valence-electron chi connectivity index (χ1n) is 6.09. The van der Waals surface area contributed by atoms with Gasteiger partial charge in [0.1, 0.15) is 0 Å². The summed E-state index contributed by atoms with van der Waals surface area (Å²) >= 11 is 6.00. The third kappa shape index (κ3) is 3.43. The first-order valence-corrected chi connectivity index (χ1v) is 6.63. The summed E-state index contributed by atoms with van der Waals surface area (Å²) in [5.74, 6) is 1.62. The van der Waals surface area contributed by atoms with Crippen molar-refractivity contribution in [2.45, 2.75) is 52.0 Å². The lowest BCUT2D eigenvalue weighted by Crippen LogP contribution is -2.34. The zero-order valence-electron chi connectivity index (χ0n) is 9.64. The molecule has 1 heterocycles. The van der Waals surface area contributed by atoms with Crippen LogP contribution in [0.3, 0.4) is 0 Å². The van der Waals surface area contributed by atoms with Crippen molar-refractivity contribution in [1.29, 1.82) is 0 Å². The monoisotopic (exact) mass is 217 g/mol. The van der Waals surface area contributed by atoms with Crippen LogP contribution in [-0.2, 0) is 0 Å². The first-order chi connectivity index (χ1) is 6.79. The van der Waals surface area contributed by atoms with Crippen molar-refractivity contribution >= 4 is 11.6 Å². The zero-order chi connectivity index (χ0) is 10.4. The summed E-state index contributed by atoms with van der Waals surface area (Å²) in [6.07, 6.45) is 6.79. The van der Waals surface area contributed by atoms with Gasteiger partial charge in [0.25, 0.3) is 0 Å². The van der Waals surface area contributed by atoms with Crippen molar-refractivity contribution in [2.75, 3.05) is 19.0 Å². The van der Waals surface area contributed by atoms with Gasteiger partial charge in [-0.1, -0.05) is 33.1 Å². The van der Waals surface area contributed by atoms with Gasteiger partial charge in [0, 0.05) is 11.9 Å². The Morgan fingerprint density at radius 1 is 1.29 bits per heavy atom. The van der Waals surface area contributed by atoms with Crippen LogP contribution < -0.4 is 0 Å². The number of hydrogen-bond acceptors (Lipinski definition) is 1. The van der Waals surface area contributed by atoms with Crippen LogP contribution in [0.4, 0.5) is 0 Å². The third-order valence-electron chi connectivity index (χ3n) is 3.45. The van der Waals surface area contributed by atoms with E-state index in [1.807, 2.05) is 0 Å². The molecular weight excluding hydrogens is 194 g/mol. The van der Waals surface area contributed by atoms with Crippen LogP contribution in [0.1, 0.15) is 46.0 Å². The Morgan fingerprint density at radius 2 is 2.07 bits per heavy atom. The van der Waals surface area contributed by atoms with E-state index in [1.54, 1.807) is 0 Å². The molecule has 1 nitrogen and oxygen atoms in total. The van der Waals surface area contributed by atoms with Gasteiger partial charge >= 0.3 is 0 Å². The van der Waals surface area contributed by atoms with Gasteiger partial charge in [-0.2, -0.15) is 0 Å². The molecule has 1 saturated heterocycles. The fourth-order valence-electron chi connectivity index (χ4n) is 2.36. The first kappa shape index (κ1) is 12.3. The van der Waals surface area contributed by atoms with Crippen molar-refractivity contribution in [1.82, 2.24) is 4.90 Å². The Labute approximate surface area is 93.8 Å². The maximum Gasteiger partial charge on any atom is 0.0382 e.